The summed E-state index contributed by atoms with van der Waals surface area (Å²) >= 11 is 0. The van der Waals surface area contributed by atoms with E-state index in [2.05, 4.69) is 226 Å². The zero-order valence-electron chi connectivity index (χ0n) is 37.1. The van der Waals surface area contributed by atoms with Crippen LogP contribution in [-0.4, -0.2) is 15.0 Å². The van der Waals surface area contributed by atoms with Gasteiger partial charge in [0.1, 0.15) is 16.2 Å². The molecule has 4 nitrogen and oxygen atoms in total. The Kier molecular flexibility index (Phi) is 8.41. The van der Waals surface area contributed by atoms with Gasteiger partial charge in [0.05, 0.1) is 11.6 Å². The van der Waals surface area contributed by atoms with E-state index in [0.717, 1.165) is 83.5 Å². The highest BCUT2D eigenvalue weighted by molar-refractivity contribution is 5.89. The van der Waals surface area contributed by atoms with Crippen LogP contribution in [0.3, 0.4) is 0 Å². The average molecular weight is 855 g/mol. The first-order chi connectivity index (χ1) is 33.0. The molecule has 3 aliphatic carbocycles. The lowest BCUT2D eigenvalue weighted by molar-refractivity contribution is 0.581. The summed E-state index contributed by atoms with van der Waals surface area (Å²) in [6.07, 6.45) is 0. The van der Waals surface area contributed by atoms with E-state index in [-0.39, 0.29) is 0 Å². The molecule has 314 valence electrons. The van der Waals surface area contributed by atoms with Crippen LogP contribution in [0, 0.1) is 25.2 Å². The molecule has 67 heavy (non-hydrogen) atoms. The largest absolute Gasteiger partial charge is 0.215 e. The Morgan fingerprint density at radius 3 is 0.761 bits per heavy atom. The molecule has 0 saturated carbocycles. The van der Waals surface area contributed by atoms with E-state index in [0.29, 0.717) is 23.0 Å². The highest BCUT2D eigenvalue weighted by atomic mass is 15.1. The highest BCUT2D eigenvalue weighted by Crippen LogP contribution is 2.60. The molecule has 1 heterocycles. The normalized spacial score (nSPS) is 14.8. The van der Waals surface area contributed by atoms with Crippen molar-refractivity contribution in [3.8, 4) is 39.4 Å². The van der Waals surface area contributed by atoms with Gasteiger partial charge >= 0.3 is 0 Å². The molecule has 0 N–H and O–H groups in total. The van der Waals surface area contributed by atoms with E-state index in [4.69, 9.17) is 15.0 Å². The van der Waals surface area contributed by atoms with Crippen LogP contribution < -0.4 is 0 Å². The summed E-state index contributed by atoms with van der Waals surface area (Å²) < 4.78 is 0. The average Bonchev–Trinajstić information content (AvgIpc) is 3.98. The lowest BCUT2D eigenvalue weighted by Gasteiger charge is -2.38. The van der Waals surface area contributed by atoms with Gasteiger partial charge in [0.25, 0.3) is 0 Å². The third kappa shape index (κ3) is 5.14. The van der Waals surface area contributed by atoms with Crippen LogP contribution in [0.4, 0.5) is 0 Å². The molecule has 1 aromatic heterocycles. The summed E-state index contributed by atoms with van der Waals surface area (Å²) in [5.41, 5.74) is 16.7. The van der Waals surface area contributed by atoms with Gasteiger partial charge in [-0.1, -0.05) is 217 Å². The second-order valence-corrected chi connectivity index (χ2v) is 18.3. The number of hydrogen-bond donors (Lipinski definition) is 0. The second-order valence-electron chi connectivity index (χ2n) is 18.3. The molecule has 0 bridgehead atoms. The van der Waals surface area contributed by atoms with E-state index < -0.39 is 16.2 Å². The summed E-state index contributed by atoms with van der Waals surface area (Å²) in [5.74, 6) is 1.92. The molecule has 0 unspecified atom stereocenters. The highest BCUT2D eigenvalue weighted by Gasteiger charge is 2.55. The van der Waals surface area contributed by atoms with Crippen LogP contribution in [-0.2, 0) is 16.2 Å². The van der Waals surface area contributed by atoms with Gasteiger partial charge in [-0.15, -0.1) is 0 Å². The van der Waals surface area contributed by atoms with E-state index in [1.807, 2.05) is 12.1 Å². The predicted octanol–water partition coefficient (Wildman–Crippen LogP) is 13.4. The summed E-state index contributed by atoms with van der Waals surface area (Å²) in [6, 6.07) is 80.9. The van der Waals surface area contributed by atoms with Gasteiger partial charge < -0.3 is 0 Å². The third-order valence-corrected chi connectivity index (χ3v) is 14.9. The molecule has 9 aromatic carbocycles. The van der Waals surface area contributed by atoms with Gasteiger partial charge in [0, 0.05) is 0 Å². The third-order valence-electron chi connectivity index (χ3n) is 14.9. The summed E-state index contributed by atoms with van der Waals surface area (Å²) in [5, 5.41) is 10.2. The number of rotatable bonds is 6. The number of aromatic nitrogens is 3. The Morgan fingerprint density at radius 2 is 0.522 bits per heavy atom. The van der Waals surface area contributed by atoms with Crippen molar-refractivity contribution in [3.63, 3.8) is 0 Å². The number of fused-ring (bicyclic) bond motifs is 9. The van der Waals surface area contributed by atoms with Gasteiger partial charge in [-0.25, -0.2) is 15.0 Å². The number of aryl methyl sites for hydroxylation is 2. The van der Waals surface area contributed by atoms with Gasteiger partial charge in [0.2, 0.25) is 0 Å². The first kappa shape index (κ1) is 38.9. The first-order valence-corrected chi connectivity index (χ1v) is 23.0. The molecule has 0 amide bonds. The topological polar surface area (TPSA) is 62.5 Å². The number of benzene rings is 9. The van der Waals surface area contributed by atoms with Crippen molar-refractivity contribution in [3.05, 3.63) is 303 Å². The van der Waals surface area contributed by atoms with Crippen LogP contribution in [0.25, 0.3) is 33.4 Å². The molecule has 0 atom stereocenters. The quantitative estimate of drug-likeness (QED) is 0.167. The fourth-order valence-electron chi connectivity index (χ4n) is 12.0. The molecule has 3 aliphatic rings. The fraction of sp³-hybridized carbons (Fsp3) is 0.0794. The van der Waals surface area contributed by atoms with Gasteiger partial charge in [-0.05, 0) is 109 Å². The maximum atomic E-state index is 10.2. The van der Waals surface area contributed by atoms with E-state index in [9.17, 15) is 5.26 Å². The standard InChI is InChI=1S/C63H42N4/c1-40-27-33-43(34-28-40)61(52-21-9-3-15-46(52)47-16-4-10-22-53(47)61)58-65-59(62(44-35-29-41(2)30-36-44)54-23-11-5-17-48(54)49-18-6-12-24-55(49)62)67-60(66-58)63(45-37-31-42(39-64)32-38-45)56-25-13-7-19-50(56)51-20-8-14-26-57(51)63/h3-38H,1-2H3. The Bertz CT molecular complexity index is 3370. The number of nitriles is 1. The fourth-order valence-corrected chi connectivity index (χ4v) is 12.0. The molecule has 4 heteroatoms. The minimum atomic E-state index is -1.02. The minimum absolute atomic E-state index is 0.588. The van der Waals surface area contributed by atoms with E-state index in [1.165, 1.54) is 11.1 Å². The molecule has 0 spiro atoms. The van der Waals surface area contributed by atoms with E-state index >= 15 is 0 Å². The van der Waals surface area contributed by atoms with Crippen molar-refractivity contribution in [2.45, 2.75) is 30.1 Å². The Hall–Kier alpha value is -8.52. The summed E-state index contributed by atoms with van der Waals surface area (Å²) in [6.45, 7) is 4.28. The van der Waals surface area contributed by atoms with Crippen molar-refractivity contribution in [1.29, 1.82) is 5.26 Å². The Labute approximate surface area is 390 Å². The molecule has 0 aliphatic heterocycles. The van der Waals surface area contributed by atoms with Crippen molar-refractivity contribution >= 4 is 0 Å². The zero-order valence-corrected chi connectivity index (χ0v) is 37.1. The number of nitrogens with zero attached hydrogens (tertiary/aromatic N) is 4. The first-order valence-electron chi connectivity index (χ1n) is 23.0. The van der Waals surface area contributed by atoms with Crippen LogP contribution in [0.15, 0.2) is 218 Å². The van der Waals surface area contributed by atoms with Crippen molar-refractivity contribution < 1.29 is 0 Å². The zero-order chi connectivity index (χ0) is 44.9. The lowest BCUT2D eigenvalue weighted by atomic mass is 9.68. The van der Waals surface area contributed by atoms with Crippen molar-refractivity contribution in [2.75, 3.05) is 0 Å². The maximum absolute atomic E-state index is 10.2. The summed E-state index contributed by atoms with van der Waals surface area (Å²) in [4.78, 5) is 18.3. The molecule has 0 radical (unpaired) electrons. The van der Waals surface area contributed by atoms with Crippen molar-refractivity contribution in [1.82, 2.24) is 15.0 Å². The molecule has 13 rings (SSSR count). The molecule has 0 saturated heterocycles. The Balaban J connectivity index is 1.27. The molecule has 10 aromatic rings. The van der Waals surface area contributed by atoms with Crippen LogP contribution in [0.1, 0.15) is 84.2 Å². The second kappa shape index (κ2) is 14.5. The molecule has 0 fully saturated rings. The van der Waals surface area contributed by atoms with Crippen LogP contribution in [0.5, 0.6) is 0 Å². The monoisotopic (exact) mass is 854 g/mol. The minimum Gasteiger partial charge on any atom is -0.215 e. The predicted molar refractivity (Wildman–Crippen MR) is 266 cm³/mol. The molecular weight excluding hydrogens is 813 g/mol. The Morgan fingerprint density at radius 1 is 0.299 bits per heavy atom. The van der Waals surface area contributed by atoms with Gasteiger partial charge in [-0.2, -0.15) is 5.26 Å². The molecular formula is C63H42N4. The van der Waals surface area contributed by atoms with Crippen LogP contribution >= 0.6 is 0 Å². The van der Waals surface area contributed by atoms with Gasteiger partial charge in [-0.3, -0.25) is 0 Å². The summed E-state index contributed by atoms with van der Waals surface area (Å²) in [7, 11) is 0. The SMILES string of the molecule is Cc1ccc(C2(c3nc(C4(c5ccc(C)cc5)c5ccccc5-c5ccccc54)nc(C4(c5ccc(C#N)cc5)c5ccccc5-c5ccccc54)n3)c3ccccc3-c3ccccc32)cc1. The van der Waals surface area contributed by atoms with Crippen LogP contribution in [0.2, 0.25) is 0 Å². The lowest BCUT2D eigenvalue weighted by Crippen LogP contribution is -2.40. The maximum Gasteiger partial charge on any atom is 0.152 e. The smallest absolute Gasteiger partial charge is 0.152 e. The van der Waals surface area contributed by atoms with E-state index in [1.54, 1.807) is 0 Å². The van der Waals surface area contributed by atoms with Crippen molar-refractivity contribution in [2.24, 2.45) is 0 Å². The number of hydrogen-bond acceptors (Lipinski definition) is 4. The van der Waals surface area contributed by atoms with Gasteiger partial charge in [0.15, 0.2) is 17.5 Å².